The van der Waals surface area contributed by atoms with E-state index in [1.54, 1.807) is 0 Å². The summed E-state index contributed by atoms with van der Waals surface area (Å²) in [6.07, 6.45) is 3.46. The van der Waals surface area contributed by atoms with Crippen LogP contribution in [0.25, 0.3) is 0 Å². The molecule has 2 fully saturated rings. The van der Waals surface area contributed by atoms with Crippen LogP contribution >= 0.6 is 0 Å². The summed E-state index contributed by atoms with van der Waals surface area (Å²) in [4.78, 5) is 23.4. The number of amides is 2. The molecule has 0 aliphatic carbocycles. The van der Waals surface area contributed by atoms with Gasteiger partial charge in [0.1, 0.15) is 6.04 Å². The number of nitrogens with one attached hydrogen (secondary N) is 3. The van der Waals surface area contributed by atoms with Crippen molar-refractivity contribution in [2.45, 2.75) is 31.7 Å². The fraction of sp³-hybridized carbons (Fsp3) is 0.818. The molecule has 0 bridgehead atoms. The fourth-order valence-electron chi connectivity index (χ4n) is 2.28. The molecule has 0 radical (unpaired) electrons. The molecular weight excluding hydrogens is 206 g/mol. The van der Waals surface area contributed by atoms with Gasteiger partial charge < -0.3 is 16.0 Å². The Hall–Kier alpha value is -1.10. The van der Waals surface area contributed by atoms with Crippen LogP contribution in [-0.2, 0) is 9.59 Å². The third kappa shape index (κ3) is 2.72. The first kappa shape index (κ1) is 11.4. The second kappa shape index (κ2) is 5.30. The summed E-state index contributed by atoms with van der Waals surface area (Å²) in [6.45, 7) is 2.53. The molecule has 3 N–H and O–H groups in total. The van der Waals surface area contributed by atoms with E-state index in [9.17, 15) is 9.59 Å². The van der Waals surface area contributed by atoms with E-state index in [0.29, 0.717) is 0 Å². The van der Waals surface area contributed by atoms with E-state index in [2.05, 4.69) is 16.0 Å². The molecule has 0 aromatic heterocycles. The molecule has 90 valence electrons. The van der Waals surface area contributed by atoms with Crippen molar-refractivity contribution in [3.63, 3.8) is 0 Å². The number of carbonyl (C=O) groups excluding carboxylic acids is 2. The summed E-state index contributed by atoms with van der Waals surface area (Å²) in [6, 6.07) is -0.309. The number of carbonyl (C=O) groups is 2. The molecule has 0 aromatic carbocycles. The topological polar surface area (TPSA) is 70.2 Å². The average Bonchev–Trinajstić information content (AvgIpc) is 2.33. The third-order valence-electron chi connectivity index (χ3n) is 3.31. The molecule has 0 saturated carbocycles. The summed E-state index contributed by atoms with van der Waals surface area (Å²) < 4.78 is 0. The molecule has 5 nitrogen and oxygen atoms in total. The fourth-order valence-corrected chi connectivity index (χ4v) is 2.28. The molecule has 2 amide bonds. The van der Waals surface area contributed by atoms with Crippen molar-refractivity contribution in [2.24, 2.45) is 5.92 Å². The van der Waals surface area contributed by atoms with Crippen molar-refractivity contribution in [3.8, 4) is 0 Å². The summed E-state index contributed by atoms with van der Waals surface area (Å²) in [7, 11) is 0. The van der Waals surface area contributed by atoms with E-state index in [1.807, 2.05) is 0 Å². The molecule has 5 heteroatoms. The maximum Gasteiger partial charge on any atom is 0.242 e. The predicted octanol–water partition coefficient (Wildman–Crippen LogP) is -0.619. The summed E-state index contributed by atoms with van der Waals surface area (Å²) in [5, 5.41) is 8.86. The van der Waals surface area contributed by atoms with Crippen LogP contribution in [0.2, 0.25) is 0 Å². The zero-order chi connectivity index (χ0) is 11.4. The lowest BCUT2D eigenvalue weighted by molar-refractivity contribution is -0.132. The lowest BCUT2D eigenvalue weighted by atomic mass is 9.96. The zero-order valence-electron chi connectivity index (χ0n) is 9.42. The average molecular weight is 225 g/mol. The molecule has 1 atom stereocenters. The van der Waals surface area contributed by atoms with Crippen LogP contribution in [0.15, 0.2) is 0 Å². The highest BCUT2D eigenvalue weighted by Crippen LogP contribution is 2.13. The minimum absolute atomic E-state index is 0.0338. The molecule has 0 aromatic rings. The molecule has 2 heterocycles. The highest BCUT2D eigenvalue weighted by molar-refractivity contribution is 5.88. The van der Waals surface area contributed by atoms with Crippen molar-refractivity contribution in [2.75, 3.05) is 19.6 Å². The van der Waals surface area contributed by atoms with Crippen LogP contribution in [0, 0.1) is 5.92 Å². The molecule has 2 saturated heterocycles. The molecular formula is C11H19N3O2. The van der Waals surface area contributed by atoms with Crippen molar-refractivity contribution in [1.29, 1.82) is 0 Å². The number of hydrogen-bond acceptors (Lipinski definition) is 3. The Bertz CT molecular complexity index is 274. The lowest BCUT2D eigenvalue weighted by Crippen LogP contribution is -2.52. The minimum atomic E-state index is -0.309. The first-order valence-electron chi connectivity index (χ1n) is 6.06. The molecule has 2 aliphatic heterocycles. The minimum Gasteiger partial charge on any atom is -0.354 e. The van der Waals surface area contributed by atoms with E-state index < -0.39 is 0 Å². The Labute approximate surface area is 95.3 Å². The molecule has 1 unspecified atom stereocenters. The molecule has 16 heavy (non-hydrogen) atoms. The summed E-state index contributed by atoms with van der Waals surface area (Å²) >= 11 is 0. The van der Waals surface area contributed by atoms with Gasteiger partial charge in [-0.05, 0) is 38.8 Å². The molecule has 0 spiro atoms. The van der Waals surface area contributed by atoms with Gasteiger partial charge in [0.2, 0.25) is 11.8 Å². The summed E-state index contributed by atoms with van der Waals surface area (Å²) in [5.41, 5.74) is 0. The Morgan fingerprint density at radius 3 is 2.62 bits per heavy atom. The van der Waals surface area contributed by atoms with Crippen LogP contribution < -0.4 is 16.0 Å². The van der Waals surface area contributed by atoms with Crippen molar-refractivity contribution < 1.29 is 9.59 Å². The van der Waals surface area contributed by atoms with E-state index in [1.165, 1.54) is 0 Å². The van der Waals surface area contributed by atoms with Crippen LogP contribution in [0.4, 0.5) is 0 Å². The van der Waals surface area contributed by atoms with Gasteiger partial charge in [-0.15, -0.1) is 0 Å². The lowest BCUT2D eigenvalue weighted by Gasteiger charge is -2.27. The van der Waals surface area contributed by atoms with E-state index in [0.717, 1.165) is 45.3 Å². The van der Waals surface area contributed by atoms with Gasteiger partial charge in [-0.2, -0.15) is 0 Å². The normalized spacial score (nSPS) is 27.2. The maximum absolute atomic E-state index is 11.9. The van der Waals surface area contributed by atoms with Gasteiger partial charge in [-0.1, -0.05) is 0 Å². The van der Waals surface area contributed by atoms with Gasteiger partial charge in [0.25, 0.3) is 0 Å². The van der Waals surface area contributed by atoms with Crippen molar-refractivity contribution in [3.05, 3.63) is 0 Å². The highest BCUT2D eigenvalue weighted by Gasteiger charge is 2.27. The highest BCUT2D eigenvalue weighted by atomic mass is 16.2. The van der Waals surface area contributed by atoms with Crippen LogP contribution in [-0.4, -0.2) is 37.5 Å². The molecule has 2 rings (SSSR count). The van der Waals surface area contributed by atoms with Crippen LogP contribution in [0.1, 0.15) is 25.7 Å². The number of hydrogen-bond donors (Lipinski definition) is 3. The predicted molar refractivity (Wildman–Crippen MR) is 59.8 cm³/mol. The first-order valence-corrected chi connectivity index (χ1v) is 6.06. The number of rotatable bonds is 2. The second-order valence-corrected chi connectivity index (χ2v) is 4.52. The maximum atomic E-state index is 11.9. The largest absolute Gasteiger partial charge is 0.354 e. The van der Waals surface area contributed by atoms with E-state index in [-0.39, 0.29) is 23.8 Å². The van der Waals surface area contributed by atoms with Gasteiger partial charge >= 0.3 is 0 Å². The van der Waals surface area contributed by atoms with Gasteiger partial charge in [0, 0.05) is 12.5 Å². The smallest absolute Gasteiger partial charge is 0.242 e. The Kier molecular flexibility index (Phi) is 3.77. The quantitative estimate of drug-likeness (QED) is 0.586. The van der Waals surface area contributed by atoms with Crippen LogP contribution in [0.3, 0.4) is 0 Å². The Balaban J connectivity index is 1.83. The van der Waals surface area contributed by atoms with Crippen molar-refractivity contribution >= 4 is 11.8 Å². The third-order valence-corrected chi connectivity index (χ3v) is 3.31. The van der Waals surface area contributed by atoms with Gasteiger partial charge in [0.05, 0.1) is 0 Å². The Morgan fingerprint density at radius 1 is 1.19 bits per heavy atom. The standard InChI is InChI=1S/C11H19N3O2/c15-10(8-3-6-12-7-4-8)14-9-2-1-5-13-11(9)16/h8-9,12H,1-7H2,(H,13,16)(H,14,15). The Morgan fingerprint density at radius 2 is 1.94 bits per heavy atom. The first-order chi connectivity index (χ1) is 7.77. The second-order valence-electron chi connectivity index (χ2n) is 4.52. The van der Waals surface area contributed by atoms with Gasteiger partial charge in [-0.3, -0.25) is 9.59 Å². The molecule has 2 aliphatic rings. The van der Waals surface area contributed by atoms with Gasteiger partial charge in [0.15, 0.2) is 0 Å². The SMILES string of the molecule is O=C(NC1CCCNC1=O)C1CCNCC1. The van der Waals surface area contributed by atoms with Gasteiger partial charge in [-0.25, -0.2) is 0 Å². The summed E-state index contributed by atoms with van der Waals surface area (Å²) in [5.74, 6) is 0.0908. The van der Waals surface area contributed by atoms with Crippen molar-refractivity contribution in [1.82, 2.24) is 16.0 Å². The van der Waals surface area contributed by atoms with Crippen LogP contribution in [0.5, 0.6) is 0 Å². The van der Waals surface area contributed by atoms with E-state index in [4.69, 9.17) is 0 Å². The monoisotopic (exact) mass is 225 g/mol. The zero-order valence-corrected chi connectivity index (χ0v) is 9.42. The van der Waals surface area contributed by atoms with E-state index >= 15 is 0 Å². The number of piperidine rings is 2.